The molecule has 1 saturated heterocycles. The molecule has 40 heavy (non-hydrogen) atoms. The topological polar surface area (TPSA) is 152 Å². The van der Waals surface area contributed by atoms with Crippen molar-refractivity contribution < 1.29 is 33.4 Å². The van der Waals surface area contributed by atoms with Crippen molar-refractivity contribution in [1.29, 1.82) is 0 Å². The van der Waals surface area contributed by atoms with E-state index in [2.05, 4.69) is 21.3 Å². The van der Waals surface area contributed by atoms with Gasteiger partial charge in [0.25, 0.3) is 11.8 Å². The van der Waals surface area contributed by atoms with Crippen LogP contribution >= 0.6 is 0 Å². The SMILES string of the molecule is CC(C)(C)NC(=O)C(=O)C(C[C@@H]1CCNC1=O)NC(=O)[C@H](Cc1ccccc1)NC(=O)c1ccc2c(c1)OCO2. The Balaban J connectivity index is 1.55. The second-order valence-corrected chi connectivity index (χ2v) is 10.9. The zero-order chi connectivity index (χ0) is 28.9. The Labute approximate surface area is 232 Å². The predicted molar refractivity (Wildman–Crippen MR) is 145 cm³/mol. The zero-order valence-corrected chi connectivity index (χ0v) is 22.7. The standard InChI is InChI=1S/C29H34N4O7/c1-29(2,3)33-28(38)24(34)20(14-19-11-12-30-25(19)35)31-27(37)21(13-17-7-5-4-6-8-17)32-26(36)18-9-10-22-23(15-18)40-16-39-22/h4-10,15,19-21H,11-14,16H2,1-3H3,(H,30,35)(H,31,37)(H,32,36)(H,33,38)/t19-,20?,21-/m0/s1. The molecule has 4 amide bonds. The fraction of sp³-hybridized carbons (Fsp3) is 0.414. The van der Waals surface area contributed by atoms with Crippen LogP contribution in [-0.4, -0.2) is 60.4 Å². The van der Waals surface area contributed by atoms with Crippen molar-refractivity contribution in [2.24, 2.45) is 5.92 Å². The number of fused-ring (bicyclic) bond motifs is 1. The number of hydrogen-bond acceptors (Lipinski definition) is 7. The molecule has 2 aromatic rings. The first-order chi connectivity index (χ1) is 19.0. The third-order valence-electron chi connectivity index (χ3n) is 6.57. The Morgan fingerprint density at radius 3 is 2.38 bits per heavy atom. The lowest BCUT2D eigenvalue weighted by atomic mass is 9.94. The van der Waals surface area contributed by atoms with Gasteiger partial charge in [0.15, 0.2) is 11.5 Å². The summed E-state index contributed by atoms with van der Waals surface area (Å²) < 4.78 is 10.7. The number of rotatable bonds is 10. The largest absolute Gasteiger partial charge is 0.454 e. The molecule has 2 heterocycles. The van der Waals surface area contributed by atoms with Gasteiger partial charge < -0.3 is 30.7 Å². The smallest absolute Gasteiger partial charge is 0.290 e. The summed E-state index contributed by atoms with van der Waals surface area (Å²) in [5, 5.41) is 10.7. The molecule has 0 aromatic heterocycles. The molecule has 2 aliphatic heterocycles. The summed E-state index contributed by atoms with van der Waals surface area (Å²) in [4.78, 5) is 65.0. The van der Waals surface area contributed by atoms with Crippen molar-refractivity contribution in [2.75, 3.05) is 13.3 Å². The summed E-state index contributed by atoms with van der Waals surface area (Å²) in [5.41, 5.74) is 0.354. The van der Waals surface area contributed by atoms with Gasteiger partial charge in [-0.1, -0.05) is 30.3 Å². The van der Waals surface area contributed by atoms with E-state index in [9.17, 15) is 24.0 Å². The maximum absolute atomic E-state index is 13.6. The quantitative estimate of drug-likeness (QED) is 0.325. The molecule has 11 nitrogen and oxygen atoms in total. The monoisotopic (exact) mass is 550 g/mol. The minimum atomic E-state index is -1.26. The number of ketones is 1. The summed E-state index contributed by atoms with van der Waals surface area (Å²) in [6.45, 7) is 5.71. The van der Waals surface area contributed by atoms with Gasteiger partial charge in [0, 0.05) is 30.0 Å². The Hall–Kier alpha value is -4.41. The molecule has 0 bridgehead atoms. The average molecular weight is 551 g/mol. The highest BCUT2D eigenvalue weighted by Gasteiger charge is 2.36. The van der Waals surface area contributed by atoms with E-state index < -0.39 is 47.0 Å². The van der Waals surface area contributed by atoms with Crippen molar-refractivity contribution in [2.45, 2.75) is 57.7 Å². The molecule has 2 aliphatic rings. The molecule has 212 valence electrons. The van der Waals surface area contributed by atoms with E-state index >= 15 is 0 Å². The molecule has 4 N–H and O–H groups in total. The number of ether oxygens (including phenoxy) is 2. The second-order valence-electron chi connectivity index (χ2n) is 10.9. The van der Waals surface area contributed by atoms with Crippen molar-refractivity contribution in [3.05, 3.63) is 59.7 Å². The zero-order valence-electron chi connectivity index (χ0n) is 22.7. The molecule has 1 unspecified atom stereocenters. The van der Waals surface area contributed by atoms with Crippen LogP contribution in [-0.2, 0) is 25.6 Å². The van der Waals surface area contributed by atoms with Crippen LogP contribution in [0.3, 0.4) is 0 Å². The van der Waals surface area contributed by atoms with Gasteiger partial charge in [0.05, 0.1) is 6.04 Å². The number of carbonyl (C=O) groups excluding carboxylic acids is 5. The summed E-state index contributed by atoms with van der Waals surface area (Å²) in [6.07, 6.45) is 0.567. The van der Waals surface area contributed by atoms with Crippen molar-refractivity contribution >= 4 is 29.4 Å². The molecule has 0 spiro atoms. The molecule has 2 aromatic carbocycles. The second kappa shape index (κ2) is 12.2. The van der Waals surface area contributed by atoms with E-state index in [1.165, 1.54) is 6.07 Å². The van der Waals surface area contributed by atoms with Crippen molar-refractivity contribution in [3.63, 3.8) is 0 Å². The third-order valence-corrected chi connectivity index (χ3v) is 6.57. The summed E-state index contributed by atoms with van der Waals surface area (Å²) >= 11 is 0. The number of benzene rings is 2. The summed E-state index contributed by atoms with van der Waals surface area (Å²) in [6, 6.07) is 11.4. The first kappa shape index (κ1) is 28.6. The Kier molecular flexibility index (Phi) is 8.71. The fourth-order valence-corrected chi connectivity index (χ4v) is 4.56. The van der Waals surface area contributed by atoms with Crippen LogP contribution in [0.2, 0.25) is 0 Å². The maximum Gasteiger partial charge on any atom is 0.290 e. The number of carbonyl (C=O) groups is 5. The van der Waals surface area contributed by atoms with Gasteiger partial charge in [0.2, 0.25) is 24.4 Å². The van der Waals surface area contributed by atoms with Crippen LogP contribution in [0.25, 0.3) is 0 Å². The van der Waals surface area contributed by atoms with Crippen molar-refractivity contribution in [3.8, 4) is 11.5 Å². The molecule has 0 radical (unpaired) electrons. The Morgan fingerprint density at radius 2 is 1.70 bits per heavy atom. The van der Waals surface area contributed by atoms with Crippen molar-refractivity contribution in [1.82, 2.24) is 21.3 Å². The van der Waals surface area contributed by atoms with E-state index in [0.29, 0.717) is 24.5 Å². The van der Waals surface area contributed by atoms with Gasteiger partial charge in [-0.15, -0.1) is 0 Å². The van der Waals surface area contributed by atoms with Gasteiger partial charge in [-0.05, 0) is 57.4 Å². The first-order valence-electron chi connectivity index (χ1n) is 13.2. The van der Waals surface area contributed by atoms with Crippen LogP contribution in [0.15, 0.2) is 48.5 Å². The number of nitrogens with one attached hydrogen (secondary N) is 4. The predicted octanol–water partition coefficient (Wildman–Crippen LogP) is 1.25. The molecule has 0 aliphatic carbocycles. The van der Waals surface area contributed by atoms with Crippen LogP contribution in [0.5, 0.6) is 11.5 Å². The lowest BCUT2D eigenvalue weighted by Gasteiger charge is -2.26. The highest BCUT2D eigenvalue weighted by molar-refractivity contribution is 6.38. The molecule has 3 atom stereocenters. The Bertz CT molecular complexity index is 1290. The molecule has 4 rings (SSSR count). The van der Waals surface area contributed by atoms with Gasteiger partial charge in [-0.3, -0.25) is 24.0 Å². The van der Waals surface area contributed by atoms with Crippen LogP contribution in [0, 0.1) is 5.92 Å². The normalized spacial score (nSPS) is 17.4. The highest BCUT2D eigenvalue weighted by atomic mass is 16.7. The third kappa shape index (κ3) is 7.37. The minimum Gasteiger partial charge on any atom is -0.454 e. The van der Waals surface area contributed by atoms with E-state index in [-0.39, 0.29) is 31.1 Å². The number of amides is 4. The fourth-order valence-electron chi connectivity index (χ4n) is 4.56. The Morgan fingerprint density at radius 1 is 0.975 bits per heavy atom. The lowest BCUT2D eigenvalue weighted by molar-refractivity contribution is -0.141. The molecular weight excluding hydrogens is 516 g/mol. The highest BCUT2D eigenvalue weighted by Crippen LogP contribution is 2.32. The summed E-state index contributed by atoms with van der Waals surface area (Å²) in [5.74, 6) is -2.74. The van der Waals surface area contributed by atoms with Gasteiger partial charge in [-0.2, -0.15) is 0 Å². The van der Waals surface area contributed by atoms with Crippen LogP contribution in [0.4, 0.5) is 0 Å². The minimum absolute atomic E-state index is 0.0395. The van der Waals surface area contributed by atoms with Crippen LogP contribution in [0.1, 0.15) is 49.5 Å². The first-order valence-corrected chi connectivity index (χ1v) is 13.2. The van der Waals surface area contributed by atoms with E-state index in [0.717, 1.165) is 5.56 Å². The molecule has 11 heteroatoms. The number of hydrogen-bond donors (Lipinski definition) is 4. The van der Waals surface area contributed by atoms with Gasteiger partial charge >= 0.3 is 0 Å². The number of Topliss-reactive ketones (excluding diaryl/α,β-unsaturated/α-hetero) is 1. The lowest BCUT2D eigenvalue weighted by Crippen LogP contribution is -2.56. The van der Waals surface area contributed by atoms with E-state index in [4.69, 9.17) is 9.47 Å². The van der Waals surface area contributed by atoms with Crippen LogP contribution < -0.4 is 30.7 Å². The maximum atomic E-state index is 13.6. The van der Waals surface area contributed by atoms with Gasteiger partial charge in [-0.25, -0.2) is 0 Å². The van der Waals surface area contributed by atoms with E-state index in [1.807, 2.05) is 30.3 Å². The molecule has 1 fully saturated rings. The molecular formula is C29H34N4O7. The summed E-state index contributed by atoms with van der Waals surface area (Å²) in [7, 11) is 0. The molecule has 0 saturated carbocycles. The van der Waals surface area contributed by atoms with E-state index in [1.54, 1.807) is 32.9 Å². The van der Waals surface area contributed by atoms with Gasteiger partial charge in [0.1, 0.15) is 6.04 Å². The average Bonchev–Trinajstić information content (AvgIpc) is 3.55.